The highest BCUT2D eigenvalue weighted by Crippen LogP contribution is 2.31. The minimum absolute atomic E-state index is 0.0634. The molecular weight excluding hydrogens is 270 g/mol. The topological polar surface area (TPSA) is 86.6 Å². The van der Waals surface area contributed by atoms with E-state index in [2.05, 4.69) is 5.32 Å². The summed E-state index contributed by atoms with van der Waals surface area (Å²) in [6, 6.07) is 8.79. The number of hydrogen-bond donors (Lipinski definition) is 3. The van der Waals surface area contributed by atoms with Crippen LogP contribution in [0.1, 0.15) is 27.9 Å². The van der Waals surface area contributed by atoms with Gasteiger partial charge < -0.3 is 15.5 Å². The lowest BCUT2D eigenvalue weighted by Gasteiger charge is -2.18. The van der Waals surface area contributed by atoms with E-state index in [1.54, 1.807) is 0 Å². The number of nitrogens with one attached hydrogen (secondary N) is 1. The number of aryl methyl sites for hydroxylation is 1. The van der Waals surface area contributed by atoms with Crippen LogP contribution >= 0.6 is 0 Å². The van der Waals surface area contributed by atoms with E-state index in [-0.39, 0.29) is 28.8 Å². The number of aromatic hydroxyl groups is 2. The van der Waals surface area contributed by atoms with Crippen molar-refractivity contribution in [3.8, 4) is 11.5 Å². The number of hydrogen-bond acceptors (Lipinski definition) is 4. The standard InChI is InChI=1S/C16H13NO4/c18-11-4-1-9(2-5-11)16(21)12-8-13-10(7-14(12)19)3-6-15(20)17-13/h1-2,4-5,7-8,18-19H,3,6H2,(H,17,20). The fraction of sp³-hybridized carbons (Fsp3) is 0.125. The van der Waals surface area contributed by atoms with Crippen LogP contribution in [-0.4, -0.2) is 21.9 Å². The monoisotopic (exact) mass is 283 g/mol. The summed E-state index contributed by atoms with van der Waals surface area (Å²) in [5.41, 5.74) is 1.85. The van der Waals surface area contributed by atoms with E-state index in [0.717, 1.165) is 5.56 Å². The van der Waals surface area contributed by atoms with Gasteiger partial charge in [0.15, 0.2) is 5.78 Å². The van der Waals surface area contributed by atoms with Gasteiger partial charge in [-0.2, -0.15) is 0 Å². The third kappa shape index (κ3) is 2.45. The van der Waals surface area contributed by atoms with E-state index in [4.69, 9.17) is 0 Å². The molecule has 106 valence electrons. The van der Waals surface area contributed by atoms with Crippen LogP contribution in [0.5, 0.6) is 11.5 Å². The van der Waals surface area contributed by atoms with Crippen LogP contribution in [0.2, 0.25) is 0 Å². The number of benzene rings is 2. The predicted octanol–water partition coefficient (Wildman–Crippen LogP) is 2.21. The summed E-state index contributed by atoms with van der Waals surface area (Å²) >= 11 is 0. The van der Waals surface area contributed by atoms with Crippen LogP contribution < -0.4 is 5.32 Å². The molecule has 5 heteroatoms. The Kier molecular flexibility index (Phi) is 3.10. The van der Waals surface area contributed by atoms with Crippen LogP contribution in [0.4, 0.5) is 5.69 Å². The molecule has 0 saturated heterocycles. The van der Waals surface area contributed by atoms with Gasteiger partial charge in [-0.25, -0.2) is 0 Å². The molecule has 0 saturated carbocycles. The van der Waals surface area contributed by atoms with Crippen molar-refractivity contribution in [1.29, 1.82) is 0 Å². The third-order valence-corrected chi connectivity index (χ3v) is 3.49. The largest absolute Gasteiger partial charge is 0.508 e. The number of ketones is 1. The van der Waals surface area contributed by atoms with E-state index in [9.17, 15) is 19.8 Å². The first-order chi connectivity index (χ1) is 10.0. The van der Waals surface area contributed by atoms with E-state index in [0.29, 0.717) is 24.1 Å². The van der Waals surface area contributed by atoms with Crippen molar-refractivity contribution in [3.05, 3.63) is 53.1 Å². The Bertz CT molecular complexity index is 735. The average Bonchev–Trinajstić information content (AvgIpc) is 2.47. The van der Waals surface area contributed by atoms with E-state index < -0.39 is 0 Å². The molecule has 0 spiro atoms. The first-order valence-corrected chi connectivity index (χ1v) is 6.54. The molecule has 1 amide bonds. The fourth-order valence-electron chi connectivity index (χ4n) is 2.37. The Morgan fingerprint density at radius 1 is 1.05 bits per heavy atom. The zero-order chi connectivity index (χ0) is 15.0. The van der Waals surface area contributed by atoms with E-state index in [1.165, 1.54) is 36.4 Å². The maximum Gasteiger partial charge on any atom is 0.224 e. The van der Waals surface area contributed by atoms with Gasteiger partial charge in [0.05, 0.1) is 5.56 Å². The normalized spacial score (nSPS) is 13.4. The maximum absolute atomic E-state index is 12.4. The molecule has 0 unspecified atom stereocenters. The highest BCUT2D eigenvalue weighted by Gasteiger charge is 2.21. The predicted molar refractivity (Wildman–Crippen MR) is 76.6 cm³/mol. The van der Waals surface area contributed by atoms with Gasteiger partial charge in [0.2, 0.25) is 5.91 Å². The number of phenols is 2. The fourth-order valence-corrected chi connectivity index (χ4v) is 2.37. The first kappa shape index (κ1) is 13.2. The number of amides is 1. The Balaban J connectivity index is 2.02. The summed E-state index contributed by atoms with van der Waals surface area (Å²) in [5.74, 6) is -0.511. The van der Waals surface area contributed by atoms with Crippen LogP contribution in [-0.2, 0) is 11.2 Å². The Morgan fingerprint density at radius 3 is 2.48 bits per heavy atom. The van der Waals surface area contributed by atoms with Crippen molar-refractivity contribution in [1.82, 2.24) is 0 Å². The number of phenolic OH excluding ortho intramolecular Hbond substituents is 2. The summed E-state index contributed by atoms with van der Waals surface area (Å²) in [6.45, 7) is 0. The van der Waals surface area contributed by atoms with Gasteiger partial charge in [-0.15, -0.1) is 0 Å². The molecule has 0 atom stereocenters. The second-order valence-corrected chi connectivity index (χ2v) is 4.95. The molecule has 3 N–H and O–H groups in total. The number of rotatable bonds is 2. The summed E-state index contributed by atoms with van der Waals surface area (Å²) in [4.78, 5) is 23.8. The SMILES string of the molecule is O=C1CCc2cc(O)c(C(=O)c3ccc(O)cc3)cc2N1. The van der Waals surface area contributed by atoms with Crippen LogP contribution in [0.15, 0.2) is 36.4 Å². The van der Waals surface area contributed by atoms with Gasteiger partial charge in [0.25, 0.3) is 0 Å². The number of carbonyl (C=O) groups is 2. The molecule has 1 aliphatic heterocycles. The van der Waals surface area contributed by atoms with Gasteiger partial charge in [0.1, 0.15) is 11.5 Å². The summed E-state index contributed by atoms with van der Waals surface area (Å²) < 4.78 is 0. The summed E-state index contributed by atoms with van der Waals surface area (Å²) in [6.07, 6.45) is 0.917. The number of anilines is 1. The zero-order valence-electron chi connectivity index (χ0n) is 11.1. The Labute approximate surface area is 120 Å². The molecule has 0 aliphatic carbocycles. The molecule has 1 aliphatic rings. The maximum atomic E-state index is 12.4. The number of fused-ring (bicyclic) bond motifs is 1. The van der Waals surface area contributed by atoms with Crippen LogP contribution in [0, 0.1) is 0 Å². The minimum atomic E-state index is -0.366. The van der Waals surface area contributed by atoms with Crippen LogP contribution in [0.25, 0.3) is 0 Å². The van der Waals surface area contributed by atoms with Crippen molar-refractivity contribution in [2.45, 2.75) is 12.8 Å². The molecule has 5 nitrogen and oxygen atoms in total. The average molecular weight is 283 g/mol. The van der Waals surface area contributed by atoms with Gasteiger partial charge in [-0.05, 0) is 48.4 Å². The molecule has 0 fully saturated rings. The molecule has 3 rings (SSSR count). The van der Waals surface area contributed by atoms with Gasteiger partial charge in [-0.1, -0.05) is 0 Å². The zero-order valence-corrected chi connectivity index (χ0v) is 11.1. The van der Waals surface area contributed by atoms with Crippen LogP contribution in [0.3, 0.4) is 0 Å². The Morgan fingerprint density at radius 2 is 1.76 bits per heavy atom. The van der Waals surface area contributed by atoms with Gasteiger partial charge in [-0.3, -0.25) is 9.59 Å². The lowest BCUT2D eigenvalue weighted by Crippen LogP contribution is -2.19. The second kappa shape index (κ2) is 4.94. The second-order valence-electron chi connectivity index (χ2n) is 4.95. The van der Waals surface area contributed by atoms with Crippen molar-refractivity contribution < 1.29 is 19.8 Å². The van der Waals surface area contributed by atoms with E-state index >= 15 is 0 Å². The third-order valence-electron chi connectivity index (χ3n) is 3.49. The number of carbonyl (C=O) groups excluding carboxylic acids is 2. The first-order valence-electron chi connectivity index (χ1n) is 6.54. The summed E-state index contributed by atoms with van der Waals surface area (Å²) in [7, 11) is 0. The summed E-state index contributed by atoms with van der Waals surface area (Å²) in [5, 5.41) is 22.0. The smallest absolute Gasteiger partial charge is 0.224 e. The van der Waals surface area contributed by atoms with Gasteiger partial charge >= 0.3 is 0 Å². The molecule has 0 bridgehead atoms. The molecular formula is C16H13NO4. The van der Waals surface area contributed by atoms with Crippen molar-refractivity contribution in [3.63, 3.8) is 0 Å². The van der Waals surface area contributed by atoms with Crippen molar-refractivity contribution in [2.75, 3.05) is 5.32 Å². The Hall–Kier alpha value is -2.82. The van der Waals surface area contributed by atoms with Crippen molar-refractivity contribution in [2.24, 2.45) is 0 Å². The lowest BCUT2D eigenvalue weighted by molar-refractivity contribution is -0.116. The highest BCUT2D eigenvalue weighted by molar-refractivity contribution is 6.11. The molecule has 1 heterocycles. The minimum Gasteiger partial charge on any atom is -0.508 e. The molecule has 2 aromatic rings. The van der Waals surface area contributed by atoms with E-state index in [1.807, 2.05) is 0 Å². The quantitative estimate of drug-likeness (QED) is 0.582. The highest BCUT2D eigenvalue weighted by atomic mass is 16.3. The van der Waals surface area contributed by atoms with Crippen molar-refractivity contribution >= 4 is 17.4 Å². The molecule has 2 aromatic carbocycles. The molecule has 21 heavy (non-hydrogen) atoms. The molecule has 0 aromatic heterocycles. The molecule has 0 radical (unpaired) electrons. The van der Waals surface area contributed by atoms with Gasteiger partial charge in [0, 0.05) is 17.7 Å². The lowest BCUT2D eigenvalue weighted by atomic mass is 9.96.